The second-order valence-corrected chi connectivity index (χ2v) is 7.40. The van der Waals surface area contributed by atoms with Gasteiger partial charge >= 0.3 is 5.97 Å². The average Bonchev–Trinajstić information content (AvgIpc) is 3.24. The van der Waals surface area contributed by atoms with Crippen LogP contribution in [0.1, 0.15) is 62.2 Å². The van der Waals surface area contributed by atoms with Crippen molar-refractivity contribution < 1.29 is 14.3 Å². The van der Waals surface area contributed by atoms with Gasteiger partial charge in [0, 0.05) is 19.0 Å². The molecule has 24 heavy (non-hydrogen) atoms. The minimum absolute atomic E-state index is 0.132. The van der Waals surface area contributed by atoms with Crippen LogP contribution in [0.3, 0.4) is 0 Å². The number of aryl methyl sites for hydroxylation is 1. The molecule has 2 atom stereocenters. The van der Waals surface area contributed by atoms with E-state index in [4.69, 9.17) is 4.74 Å². The Hall–Kier alpha value is -1.84. The highest BCUT2D eigenvalue weighted by Crippen LogP contribution is 2.35. The highest BCUT2D eigenvalue weighted by Gasteiger charge is 2.40. The van der Waals surface area contributed by atoms with Gasteiger partial charge in [-0.2, -0.15) is 0 Å². The summed E-state index contributed by atoms with van der Waals surface area (Å²) in [5.41, 5.74) is 2.44. The molecule has 2 aliphatic carbocycles. The summed E-state index contributed by atoms with van der Waals surface area (Å²) in [6.45, 7) is 0.552. The van der Waals surface area contributed by atoms with E-state index in [0.29, 0.717) is 19.0 Å². The number of benzene rings is 1. The Labute approximate surface area is 143 Å². The summed E-state index contributed by atoms with van der Waals surface area (Å²) in [5, 5.41) is 0. The van der Waals surface area contributed by atoms with E-state index in [9.17, 15) is 9.59 Å². The van der Waals surface area contributed by atoms with Crippen LogP contribution < -0.4 is 0 Å². The Bertz CT molecular complexity index is 636. The van der Waals surface area contributed by atoms with Gasteiger partial charge in [0.2, 0.25) is 5.91 Å². The first-order valence-corrected chi connectivity index (χ1v) is 9.30. The second-order valence-electron chi connectivity index (χ2n) is 7.40. The fraction of sp³-hybridized carbons (Fsp3) is 0.600. The number of likely N-dealkylation sites (tertiary alicyclic amines) is 1. The molecule has 0 N–H and O–H groups in total. The molecule has 4 heteroatoms. The number of hydrogen-bond donors (Lipinski definition) is 0. The van der Waals surface area contributed by atoms with Crippen LogP contribution in [-0.2, 0) is 20.7 Å². The van der Waals surface area contributed by atoms with Crippen LogP contribution in [0, 0.1) is 5.92 Å². The highest BCUT2D eigenvalue weighted by molar-refractivity contribution is 5.87. The monoisotopic (exact) mass is 327 g/mol. The quantitative estimate of drug-likeness (QED) is 0.799. The molecule has 2 fully saturated rings. The van der Waals surface area contributed by atoms with Crippen LogP contribution in [0.25, 0.3) is 0 Å². The molecule has 4 rings (SSSR count). The lowest BCUT2D eigenvalue weighted by Gasteiger charge is -2.27. The van der Waals surface area contributed by atoms with Gasteiger partial charge in [-0.1, -0.05) is 37.1 Å². The molecule has 1 aromatic carbocycles. The van der Waals surface area contributed by atoms with Crippen molar-refractivity contribution >= 4 is 11.9 Å². The van der Waals surface area contributed by atoms with Gasteiger partial charge in [0.05, 0.1) is 5.92 Å². The number of fused-ring (bicyclic) bond motifs is 1. The number of amides is 1. The van der Waals surface area contributed by atoms with E-state index < -0.39 is 0 Å². The maximum Gasteiger partial charge on any atom is 0.311 e. The minimum atomic E-state index is -0.285. The van der Waals surface area contributed by atoms with Crippen molar-refractivity contribution in [3.63, 3.8) is 0 Å². The Morgan fingerprint density at radius 2 is 1.88 bits per heavy atom. The van der Waals surface area contributed by atoms with Crippen molar-refractivity contribution in [1.82, 2.24) is 4.90 Å². The number of hydrogen-bond acceptors (Lipinski definition) is 3. The summed E-state index contributed by atoms with van der Waals surface area (Å²) in [5.74, 6) is -0.342. The molecule has 128 valence electrons. The summed E-state index contributed by atoms with van der Waals surface area (Å²) >= 11 is 0. The van der Waals surface area contributed by atoms with Crippen LogP contribution in [-0.4, -0.2) is 29.4 Å². The lowest BCUT2D eigenvalue weighted by molar-refractivity contribution is -0.155. The summed E-state index contributed by atoms with van der Waals surface area (Å²) in [4.78, 5) is 26.9. The van der Waals surface area contributed by atoms with Crippen molar-refractivity contribution in [3.05, 3.63) is 35.4 Å². The second kappa shape index (κ2) is 6.58. The first kappa shape index (κ1) is 15.7. The Morgan fingerprint density at radius 1 is 1.08 bits per heavy atom. The largest absolute Gasteiger partial charge is 0.457 e. The number of rotatable bonds is 3. The van der Waals surface area contributed by atoms with E-state index in [0.717, 1.165) is 37.7 Å². The lowest BCUT2D eigenvalue weighted by atomic mass is 9.89. The van der Waals surface area contributed by atoms with Crippen LogP contribution in [0.5, 0.6) is 0 Å². The number of carbonyl (C=O) groups is 2. The van der Waals surface area contributed by atoms with Gasteiger partial charge in [0.1, 0.15) is 6.10 Å². The van der Waals surface area contributed by atoms with Crippen LogP contribution >= 0.6 is 0 Å². The molecule has 1 saturated carbocycles. The molecule has 0 bridgehead atoms. The van der Waals surface area contributed by atoms with Gasteiger partial charge in [-0.05, 0) is 43.2 Å². The predicted octanol–water partition coefficient (Wildman–Crippen LogP) is 3.40. The maximum atomic E-state index is 12.6. The standard InChI is InChI=1S/C20H25NO3/c22-19-12-15(13-21(19)16-8-2-3-9-16)20(23)24-18-11-5-7-14-6-1-4-10-17(14)18/h1,4,6,10,15-16,18H,2-3,5,7-9,11-13H2/t15-,18+/m0/s1. The van der Waals surface area contributed by atoms with E-state index in [1.54, 1.807) is 0 Å². The molecule has 0 aromatic heterocycles. The molecule has 3 aliphatic rings. The van der Waals surface area contributed by atoms with Crippen LogP contribution in [0.2, 0.25) is 0 Å². The highest BCUT2D eigenvalue weighted by atomic mass is 16.5. The molecule has 1 heterocycles. The average molecular weight is 327 g/mol. The summed E-state index contributed by atoms with van der Waals surface area (Å²) < 4.78 is 5.84. The molecule has 1 amide bonds. The molecule has 0 radical (unpaired) electrons. The first-order valence-electron chi connectivity index (χ1n) is 9.30. The molecular weight excluding hydrogens is 302 g/mol. The Balaban J connectivity index is 1.41. The summed E-state index contributed by atoms with van der Waals surface area (Å²) in [6.07, 6.45) is 7.74. The predicted molar refractivity (Wildman–Crippen MR) is 90.3 cm³/mol. The van der Waals surface area contributed by atoms with E-state index in [1.165, 1.54) is 18.4 Å². The topological polar surface area (TPSA) is 46.6 Å². The van der Waals surface area contributed by atoms with Crippen molar-refractivity contribution in [2.24, 2.45) is 5.92 Å². The van der Waals surface area contributed by atoms with Gasteiger partial charge in [0.15, 0.2) is 0 Å². The minimum Gasteiger partial charge on any atom is -0.457 e. The molecule has 1 aliphatic heterocycles. The van der Waals surface area contributed by atoms with E-state index in [-0.39, 0.29) is 23.9 Å². The zero-order chi connectivity index (χ0) is 16.5. The fourth-order valence-corrected chi connectivity index (χ4v) is 4.53. The summed E-state index contributed by atoms with van der Waals surface area (Å²) in [7, 11) is 0. The number of esters is 1. The van der Waals surface area contributed by atoms with Crippen molar-refractivity contribution in [2.75, 3.05) is 6.54 Å². The SMILES string of the molecule is O=C(O[C@@H]1CCCc2ccccc21)[C@H]1CC(=O)N(C2CCCC2)C1. The summed E-state index contributed by atoms with van der Waals surface area (Å²) in [6, 6.07) is 8.59. The van der Waals surface area contributed by atoms with Gasteiger partial charge in [0.25, 0.3) is 0 Å². The third kappa shape index (κ3) is 2.94. The number of carbonyl (C=O) groups excluding carboxylic acids is 2. The Kier molecular flexibility index (Phi) is 4.30. The third-order valence-electron chi connectivity index (χ3n) is 5.83. The van der Waals surface area contributed by atoms with E-state index >= 15 is 0 Å². The van der Waals surface area contributed by atoms with Gasteiger partial charge in [-0.15, -0.1) is 0 Å². The smallest absolute Gasteiger partial charge is 0.311 e. The molecular formula is C20H25NO3. The zero-order valence-corrected chi connectivity index (χ0v) is 14.1. The van der Waals surface area contributed by atoms with Crippen molar-refractivity contribution in [2.45, 2.75) is 63.5 Å². The van der Waals surface area contributed by atoms with E-state index in [1.807, 2.05) is 17.0 Å². The maximum absolute atomic E-state index is 12.6. The first-order chi connectivity index (χ1) is 11.7. The molecule has 4 nitrogen and oxygen atoms in total. The lowest BCUT2D eigenvalue weighted by Crippen LogP contribution is -2.35. The number of ether oxygens (including phenoxy) is 1. The van der Waals surface area contributed by atoms with Gasteiger partial charge in [-0.3, -0.25) is 9.59 Å². The van der Waals surface area contributed by atoms with Crippen molar-refractivity contribution in [1.29, 1.82) is 0 Å². The number of nitrogens with zero attached hydrogens (tertiary/aromatic N) is 1. The molecule has 0 spiro atoms. The normalized spacial score (nSPS) is 27.3. The third-order valence-corrected chi connectivity index (χ3v) is 5.83. The van der Waals surface area contributed by atoms with Gasteiger partial charge < -0.3 is 9.64 Å². The fourth-order valence-electron chi connectivity index (χ4n) is 4.53. The molecule has 1 saturated heterocycles. The van der Waals surface area contributed by atoms with Crippen LogP contribution in [0.4, 0.5) is 0 Å². The Morgan fingerprint density at radius 3 is 2.71 bits per heavy atom. The molecule has 1 aromatic rings. The van der Waals surface area contributed by atoms with Crippen molar-refractivity contribution in [3.8, 4) is 0 Å². The van der Waals surface area contributed by atoms with Crippen LogP contribution in [0.15, 0.2) is 24.3 Å². The van der Waals surface area contributed by atoms with E-state index in [2.05, 4.69) is 12.1 Å². The molecule has 0 unspecified atom stereocenters. The zero-order valence-electron chi connectivity index (χ0n) is 14.1. The van der Waals surface area contributed by atoms with Gasteiger partial charge in [-0.25, -0.2) is 0 Å².